The number of thioether (sulfide) groups is 1. The summed E-state index contributed by atoms with van der Waals surface area (Å²) in [5.41, 5.74) is 5.38. The van der Waals surface area contributed by atoms with E-state index in [0.717, 1.165) is 5.75 Å². The van der Waals surface area contributed by atoms with E-state index in [1.165, 1.54) is 0 Å². The third kappa shape index (κ3) is 6.72. The van der Waals surface area contributed by atoms with Gasteiger partial charge in [-0.15, -0.1) is 0 Å². The van der Waals surface area contributed by atoms with Gasteiger partial charge in [-0.1, -0.05) is 5.16 Å². The predicted molar refractivity (Wildman–Crippen MR) is 58.5 cm³/mol. The number of nitrogens with zero attached hydrogens (tertiary/aromatic N) is 1. The molecule has 0 rings (SSSR count). The SMILES string of the molecule is CSCC(C)NC(C)CC(N)=NO. The molecule has 0 aliphatic heterocycles. The molecule has 78 valence electrons. The van der Waals surface area contributed by atoms with Crippen molar-refractivity contribution in [3.05, 3.63) is 0 Å². The molecule has 2 atom stereocenters. The second kappa shape index (κ2) is 7.03. The van der Waals surface area contributed by atoms with E-state index in [4.69, 9.17) is 10.9 Å². The van der Waals surface area contributed by atoms with Crippen LogP contribution in [0, 0.1) is 0 Å². The zero-order valence-corrected chi connectivity index (χ0v) is 9.27. The molecule has 0 aliphatic carbocycles. The van der Waals surface area contributed by atoms with Gasteiger partial charge in [0.25, 0.3) is 0 Å². The monoisotopic (exact) mass is 205 g/mol. The van der Waals surface area contributed by atoms with Crippen molar-refractivity contribution in [2.45, 2.75) is 32.4 Å². The summed E-state index contributed by atoms with van der Waals surface area (Å²) >= 11 is 1.80. The Morgan fingerprint density at radius 2 is 2.15 bits per heavy atom. The molecule has 0 bridgehead atoms. The summed E-state index contributed by atoms with van der Waals surface area (Å²) in [4.78, 5) is 0. The molecular weight excluding hydrogens is 186 g/mol. The summed E-state index contributed by atoms with van der Waals surface area (Å²) in [6, 6.07) is 0.703. The van der Waals surface area contributed by atoms with Gasteiger partial charge >= 0.3 is 0 Å². The van der Waals surface area contributed by atoms with E-state index in [1.54, 1.807) is 11.8 Å². The van der Waals surface area contributed by atoms with Crippen LogP contribution in [-0.4, -0.2) is 35.1 Å². The van der Waals surface area contributed by atoms with Gasteiger partial charge < -0.3 is 16.3 Å². The van der Waals surface area contributed by atoms with Gasteiger partial charge in [-0.2, -0.15) is 11.8 Å². The molecule has 2 unspecified atom stereocenters. The van der Waals surface area contributed by atoms with E-state index < -0.39 is 0 Å². The fourth-order valence-corrected chi connectivity index (χ4v) is 1.79. The van der Waals surface area contributed by atoms with Gasteiger partial charge in [0.05, 0.1) is 0 Å². The van der Waals surface area contributed by atoms with Gasteiger partial charge in [0.15, 0.2) is 0 Å². The fourth-order valence-electron chi connectivity index (χ4n) is 1.20. The van der Waals surface area contributed by atoms with Gasteiger partial charge in [0.2, 0.25) is 0 Å². The molecule has 0 amide bonds. The molecule has 5 heteroatoms. The van der Waals surface area contributed by atoms with Crippen LogP contribution in [0.5, 0.6) is 0 Å². The number of rotatable bonds is 6. The van der Waals surface area contributed by atoms with Crippen molar-refractivity contribution in [3.8, 4) is 0 Å². The molecule has 0 radical (unpaired) electrons. The number of nitrogens with one attached hydrogen (secondary N) is 1. The zero-order chi connectivity index (χ0) is 10.3. The third-order valence-corrected chi connectivity index (χ3v) is 2.46. The maximum atomic E-state index is 8.35. The highest BCUT2D eigenvalue weighted by molar-refractivity contribution is 7.98. The largest absolute Gasteiger partial charge is 0.409 e. The molecule has 4 nitrogen and oxygen atoms in total. The number of hydrogen-bond donors (Lipinski definition) is 3. The maximum absolute atomic E-state index is 8.35. The van der Waals surface area contributed by atoms with E-state index in [1.807, 2.05) is 6.92 Å². The molecule has 0 aliphatic rings. The summed E-state index contributed by atoms with van der Waals surface area (Å²) in [6.45, 7) is 4.15. The predicted octanol–water partition coefficient (Wildman–Crippen LogP) is 0.853. The summed E-state index contributed by atoms with van der Waals surface area (Å²) in [6.07, 6.45) is 2.65. The number of nitrogens with two attached hydrogens (primary N) is 1. The fraction of sp³-hybridized carbons (Fsp3) is 0.875. The first-order valence-corrected chi connectivity index (χ1v) is 5.71. The minimum Gasteiger partial charge on any atom is -0.409 e. The lowest BCUT2D eigenvalue weighted by molar-refractivity contribution is 0.315. The number of oxime groups is 1. The van der Waals surface area contributed by atoms with Crippen molar-refractivity contribution in [1.29, 1.82) is 0 Å². The van der Waals surface area contributed by atoms with E-state index in [9.17, 15) is 0 Å². The summed E-state index contributed by atoms with van der Waals surface area (Å²) in [7, 11) is 0. The van der Waals surface area contributed by atoms with Gasteiger partial charge in [-0.25, -0.2) is 0 Å². The van der Waals surface area contributed by atoms with Gasteiger partial charge in [-0.3, -0.25) is 0 Å². The minimum absolute atomic E-state index is 0.248. The Bertz CT molecular complexity index is 163. The highest BCUT2D eigenvalue weighted by Crippen LogP contribution is 1.99. The van der Waals surface area contributed by atoms with Crippen LogP contribution in [0.1, 0.15) is 20.3 Å². The highest BCUT2D eigenvalue weighted by Gasteiger charge is 2.08. The summed E-state index contributed by atoms with van der Waals surface area (Å²) in [5.74, 6) is 1.34. The van der Waals surface area contributed by atoms with E-state index in [-0.39, 0.29) is 11.9 Å². The Labute approximate surface area is 84.0 Å². The quantitative estimate of drug-likeness (QED) is 0.260. The lowest BCUT2D eigenvalue weighted by atomic mass is 10.2. The van der Waals surface area contributed by atoms with Crippen molar-refractivity contribution in [2.75, 3.05) is 12.0 Å². The first kappa shape index (κ1) is 12.6. The standard InChI is InChI=1S/C8H19N3OS/c1-6(4-8(9)11-12)10-7(2)5-13-3/h6-7,10,12H,4-5H2,1-3H3,(H2,9,11). The molecule has 4 N–H and O–H groups in total. The van der Waals surface area contributed by atoms with Crippen LogP contribution in [0.15, 0.2) is 5.16 Å². The molecule has 0 heterocycles. The molecule has 0 saturated heterocycles. The third-order valence-electron chi connectivity index (χ3n) is 1.63. The smallest absolute Gasteiger partial charge is 0.140 e. The topological polar surface area (TPSA) is 70.6 Å². The first-order valence-electron chi connectivity index (χ1n) is 4.31. The molecule has 13 heavy (non-hydrogen) atoms. The number of amidine groups is 1. The van der Waals surface area contributed by atoms with Crippen LogP contribution in [0.4, 0.5) is 0 Å². The summed E-state index contributed by atoms with van der Waals surface area (Å²) in [5, 5.41) is 14.6. The van der Waals surface area contributed by atoms with E-state index in [0.29, 0.717) is 12.5 Å². The highest BCUT2D eigenvalue weighted by atomic mass is 32.2. The van der Waals surface area contributed by atoms with Crippen LogP contribution in [0.2, 0.25) is 0 Å². The molecule has 0 aromatic carbocycles. The van der Waals surface area contributed by atoms with E-state index >= 15 is 0 Å². The van der Waals surface area contributed by atoms with Crippen molar-refractivity contribution in [1.82, 2.24) is 5.32 Å². The van der Waals surface area contributed by atoms with Gasteiger partial charge in [-0.05, 0) is 20.1 Å². The second-order valence-corrected chi connectivity index (χ2v) is 4.13. The molecule has 0 saturated carbocycles. The van der Waals surface area contributed by atoms with Crippen LogP contribution >= 0.6 is 11.8 Å². The molecule has 0 aromatic heterocycles. The average Bonchev–Trinajstić information content (AvgIpc) is 2.04. The van der Waals surface area contributed by atoms with Crippen LogP contribution < -0.4 is 11.1 Å². The molecular formula is C8H19N3OS. The Morgan fingerprint density at radius 3 is 2.62 bits per heavy atom. The second-order valence-electron chi connectivity index (χ2n) is 3.22. The summed E-state index contributed by atoms with van der Waals surface area (Å²) < 4.78 is 0. The average molecular weight is 205 g/mol. The Hall–Kier alpha value is -0.420. The Kier molecular flexibility index (Phi) is 6.80. The van der Waals surface area contributed by atoms with Crippen molar-refractivity contribution >= 4 is 17.6 Å². The van der Waals surface area contributed by atoms with Crippen LogP contribution in [0.3, 0.4) is 0 Å². The van der Waals surface area contributed by atoms with Gasteiger partial charge in [0.1, 0.15) is 5.84 Å². The van der Waals surface area contributed by atoms with Crippen molar-refractivity contribution in [3.63, 3.8) is 0 Å². The maximum Gasteiger partial charge on any atom is 0.140 e. The molecule has 0 aromatic rings. The zero-order valence-electron chi connectivity index (χ0n) is 8.45. The minimum atomic E-state index is 0.248. The molecule has 0 spiro atoms. The van der Waals surface area contributed by atoms with Crippen LogP contribution in [0.25, 0.3) is 0 Å². The van der Waals surface area contributed by atoms with Crippen molar-refractivity contribution < 1.29 is 5.21 Å². The van der Waals surface area contributed by atoms with Gasteiger partial charge in [0, 0.05) is 24.3 Å². The first-order chi connectivity index (χ1) is 6.10. The van der Waals surface area contributed by atoms with Crippen LogP contribution in [-0.2, 0) is 0 Å². The lowest BCUT2D eigenvalue weighted by Crippen LogP contribution is -2.38. The Morgan fingerprint density at radius 1 is 1.54 bits per heavy atom. The normalized spacial score (nSPS) is 17.0. The van der Waals surface area contributed by atoms with Crippen molar-refractivity contribution in [2.24, 2.45) is 10.9 Å². The Balaban J connectivity index is 3.67. The number of hydrogen-bond acceptors (Lipinski definition) is 4. The lowest BCUT2D eigenvalue weighted by Gasteiger charge is -2.18. The molecule has 0 fully saturated rings. The van der Waals surface area contributed by atoms with E-state index in [2.05, 4.69) is 23.7 Å².